The van der Waals surface area contributed by atoms with E-state index in [-0.39, 0.29) is 12.2 Å². The van der Waals surface area contributed by atoms with Crippen LogP contribution in [-0.2, 0) is 19.1 Å². The van der Waals surface area contributed by atoms with Crippen molar-refractivity contribution >= 4 is 17.2 Å². The molecule has 0 bridgehead atoms. The Labute approximate surface area is 225 Å². The van der Waals surface area contributed by atoms with Gasteiger partial charge < -0.3 is 15.0 Å². The quantitative estimate of drug-likeness (QED) is 0.304. The SMILES string of the molecule is CCc1nc2ccc(C(F)(F)F)cn2c1C(=O)NCc1ccc(N2CCC(c3ccc(OC)cc3)CC2)cc1. The molecular weight excluding hydrogens is 505 g/mol. The second-order valence-corrected chi connectivity index (χ2v) is 9.79. The number of halogens is 3. The maximum absolute atomic E-state index is 13.3. The molecule has 2 aromatic heterocycles. The van der Waals surface area contributed by atoms with E-state index in [2.05, 4.69) is 39.5 Å². The van der Waals surface area contributed by atoms with Crippen molar-refractivity contribution < 1.29 is 22.7 Å². The summed E-state index contributed by atoms with van der Waals surface area (Å²) in [5.41, 5.74) is 3.46. The van der Waals surface area contributed by atoms with Crippen molar-refractivity contribution in [3.63, 3.8) is 0 Å². The first kappa shape index (κ1) is 26.6. The van der Waals surface area contributed by atoms with Gasteiger partial charge in [0.15, 0.2) is 0 Å². The minimum Gasteiger partial charge on any atom is -0.497 e. The molecule has 6 nitrogen and oxygen atoms in total. The van der Waals surface area contributed by atoms with E-state index >= 15 is 0 Å². The summed E-state index contributed by atoms with van der Waals surface area (Å²) in [5.74, 6) is 0.942. The fourth-order valence-corrected chi connectivity index (χ4v) is 5.19. The molecule has 3 heterocycles. The lowest BCUT2D eigenvalue weighted by atomic mass is 9.89. The standard InChI is InChI=1S/C30H31F3N4O2/c1-3-26-28(37-19-23(30(31,32)33)8-13-27(37)35-26)29(38)34-18-20-4-9-24(10-5-20)36-16-14-22(15-17-36)21-6-11-25(39-2)12-7-21/h4-13,19,22H,3,14-18H2,1-2H3,(H,34,38). The zero-order chi connectivity index (χ0) is 27.6. The van der Waals surface area contributed by atoms with Gasteiger partial charge >= 0.3 is 6.18 Å². The molecule has 39 heavy (non-hydrogen) atoms. The first-order valence-electron chi connectivity index (χ1n) is 13.1. The smallest absolute Gasteiger partial charge is 0.417 e. The van der Waals surface area contributed by atoms with E-state index in [1.165, 1.54) is 16.0 Å². The maximum Gasteiger partial charge on any atom is 0.417 e. The Morgan fingerprint density at radius 3 is 2.33 bits per heavy atom. The van der Waals surface area contributed by atoms with Gasteiger partial charge in [0, 0.05) is 31.5 Å². The van der Waals surface area contributed by atoms with Crippen LogP contribution in [0.3, 0.4) is 0 Å². The van der Waals surface area contributed by atoms with Gasteiger partial charge in [-0.15, -0.1) is 0 Å². The van der Waals surface area contributed by atoms with E-state index in [9.17, 15) is 18.0 Å². The lowest BCUT2D eigenvalue weighted by molar-refractivity contribution is -0.137. The Bertz CT molecular complexity index is 1440. The predicted octanol–water partition coefficient (Wildman–Crippen LogP) is 6.24. The van der Waals surface area contributed by atoms with E-state index in [1.807, 2.05) is 31.2 Å². The number of aryl methyl sites for hydroxylation is 1. The molecule has 2 aromatic carbocycles. The van der Waals surface area contributed by atoms with Crippen molar-refractivity contribution in [1.82, 2.24) is 14.7 Å². The molecule has 0 unspecified atom stereocenters. The highest BCUT2D eigenvalue weighted by Crippen LogP contribution is 2.32. The minimum absolute atomic E-state index is 0.134. The number of alkyl halides is 3. The van der Waals surface area contributed by atoms with Crippen molar-refractivity contribution in [2.75, 3.05) is 25.1 Å². The van der Waals surface area contributed by atoms with Crippen LogP contribution in [-0.4, -0.2) is 35.5 Å². The molecule has 1 fully saturated rings. The Morgan fingerprint density at radius 1 is 1.03 bits per heavy atom. The normalized spacial score (nSPS) is 14.5. The molecule has 9 heteroatoms. The molecule has 1 aliphatic rings. The number of hydrogen-bond donors (Lipinski definition) is 1. The molecule has 0 atom stereocenters. The predicted molar refractivity (Wildman–Crippen MR) is 144 cm³/mol. The number of amides is 1. The molecule has 0 saturated carbocycles. The van der Waals surface area contributed by atoms with E-state index < -0.39 is 17.6 Å². The number of hydrogen-bond acceptors (Lipinski definition) is 4. The number of aromatic nitrogens is 2. The third-order valence-electron chi connectivity index (χ3n) is 7.40. The lowest BCUT2D eigenvalue weighted by Crippen LogP contribution is -2.32. The second kappa shape index (κ2) is 11.0. The number of imidazole rings is 1. The first-order valence-corrected chi connectivity index (χ1v) is 13.1. The fraction of sp³-hybridized carbons (Fsp3) is 0.333. The van der Waals surface area contributed by atoms with Gasteiger partial charge in [0.05, 0.1) is 18.4 Å². The lowest BCUT2D eigenvalue weighted by Gasteiger charge is -2.34. The largest absolute Gasteiger partial charge is 0.497 e. The highest BCUT2D eigenvalue weighted by molar-refractivity contribution is 5.94. The van der Waals surface area contributed by atoms with Crippen LogP contribution in [0.1, 0.15) is 58.6 Å². The van der Waals surface area contributed by atoms with Gasteiger partial charge in [0.2, 0.25) is 0 Å². The van der Waals surface area contributed by atoms with Crippen LogP contribution in [0.15, 0.2) is 66.9 Å². The number of rotatable bonds is 7. The molecule has 4 aromatic rings. The zero-order valence-electron chi connectivity index (χ0n) is 22.0. The van der Waals surface area contributed by atoms with Gasteiger partial charge in [0.1, 0.15) is 17.1 Å². The average molecular weight is 537 g/mol. The number of carbonyl (C=O) groups is 1. The molecule has 1 amide bonds. The molecular formula is C30H31F3N4O2. The number of nitrogens with one attached hydrogen (secondary N) is 1. The molecule has 0 aliphatic carbocycles. The summed E-state index contributed by atoms with van der Waals surface area (Å²) in [6.45, 7) is 4.00. The number of methoxy groups -OCH3 is 1. The van der Waals surface area contributed by atoms with Crippen molar-refractivity contribution in [2.24, 2.45) is 0 Å². The summed E-state index contributed by atoms with van der Waals surface area (Å²) >= 11 is 0. The average Bonchev–Trinajstić information content (AvgIpc) is 3.34. The van der Waals surface area contributed by atoms with E-state index in [0.717, 1.165) is 55.2 Å². The molecule has 1 N–H and O–H groups in total. The van der Waals surface area contributed by atoms with Crippen LogP contribution in [0.2, 0.25) is 0 Å². The molecule has 0 spiro atoms. The monoisotopic (exact) mass is 536 g/mol. The Hall–Kier alpha value is -4.01. The van der Waals surface area contributed by atoms with E-state index in [0.29, 0.717) is 23.7 Å². The summed E-state index contributed by atoms with van der Waals surface area (Å²) < 4.78 is 46.3. The Kier molecular flexibility index (Phi) is 7.50. The summed E-state index contributed by atoms with van der Waals surface area (Å²) in [6.07, 6.45) is -1.01. The number of carbonyl (C=O) groups excluding carboxylic acids is 1. The number of ether oxygens (including phenoxy) is 1. The Balaban J connectivity index is 1.21. The topological polar surface area (TPSA) is 58.9 Å². The van der Waals surface area contributed by atoms with Gasteiger partial charge in [-0.05, 0) is 72.7 Å². The third kappa shape index (κ3) is 5.72. The number of nitrogens with zero attached hydrogens (tertiary/aromatic N) is 3. The number of piperidine rings is 1. The maximum atomic E-state index is 13.3. The van der Waals surface area contributed by atoms with Gasteiger partial charge in [0.25, 0.3) is 5.91 Å². The van der Waals surface area contributed by atoms with Crippen LogP contribution in [0.4, 0.5) is 18.9 Å². The highest BCUT2D eigenvalue weighted by atomic mass is 19.4. The van der Waals surface area contributed by atoms with Gasteiger partial charge in [-0.3, -0.25) is 9.20 Å². The summed E-state index contributed by atoms with van der Waals surface area (Å²) in [6, 6.07) is 18.6. The number of fused-ring (bicyclic) bond motifs is 1. The van der Waals surface area contributed by atoms with Crippen LogP contribution in [0.5, 0.6) is 5.75 Å². The number of benzene rings is 2. The van der Waals surface area contributed by atoms with Crippen molar-refractivity contribution in [3.8, 4) is 5.75 Å². The summed E-state index contributed by atoms with van der Waals surface area (Å²) in [7, 11) is 1.67. The molecule has 1 aliphatic heterocycles. The highest BCUT2D eigenvalue weighted by Gasteiger charge is 2.32. The molecule has 5 rings (SSSR count). The first-order chi connectivity index (χ1) is 18.8. The van der Waals surface area contributed by atoms with Crippen molar-refractivity contribution in [3.05, 3.63) is 94.9 Å². The third-order valence-corrected chi connectivity index (χ3v) is 7.40. The molecule has 204 valence electrons. The van der Waals surface area contributed by atoms with Gasteiger partial charge in [-0.2, -0.15) is 13.2 Å². The Morgan fingerprint density at radius 2 is 1.72 bits per heavy atom. The van der Waals surface area contributed by atoms with E-state index in [1.54, 1.807) is 7.11 Å². The van der Waals surface area contributed by atoms with E-state index in [4.69, 9.17) is 4.74 Å². The van der Waals surface area contributed by atoms with Gasteiger partial charge in [-0.1, -0.05) is 31.2 Å². The van der Waals surface area contributed by atoms with Crippen molar-refractivity contribution in [1.29, 1.82) is 0 Å². The van der Waals surface area contributed by atoms with Crippen LogP contribution in [0, 0.1) is 0 Å². The summed E-state index contributed by atoms with van der Waals surface area (Å²) in [4.78, 5) is 19.8. The number of anilines is 1. The molecule has 1 saturated heterocycles. The molecule has 0 radical (unpaired) electrons. The minimum atomic E-state index is -4.51. The summed E-state index contributed by atoms with van der Waals surface area (Å²) in [5, 5.41) is 2.85. The zero-order valence-corrected chi connectivity index (χ0v) is 22.0. The van der Waals surface area contributed by atoms with Crippen LogP contribution >= 0.6 is 0 Å². The van der Waals surface area contributed by atoms with Crippen molar-refractivity contribution in [2.45, 2.75) is 44.8 Å². The fourth-order valence-electron chi connectivity index (χ4n) is 5.19. The van der Waals surface area contributed by atoms with Crippen LogP contribution < -0.4 is 15.0 Å². The van der Waals surface area contributed by atoms with Crippen LogP contribution in [0.25, 0.3) is 5.65 Å². The van der Waals surface area contributed by atoms with Gasteiger partial charge in [-0.25, -0.2) is 4.98 Å². The second-order valence-electron chi connectivity index (χ2n) is 9.79. The number of pyridine rings is 1.